The van der Waals surface area contributed by atoms with Gasteiger partial charge in [-0.05, 0) is 30.9 Å². The summed E-state index contributed by atoms with van der Waals surface area (Å²) in [5.74, 6) is -0.108. The molecule has 0 spiro atoms. The lowest BCUT2D eigenvalue weighted by Crippen LogP contribution is -2.31. The van der Waals surface area contributed by atoms with Crippen molar-refractivity contribution >= 4 is 28.1 Å². The van der Waals surface area contributed by atoms with Crippen LogP contribution in [0.2, 0.25) is 0 Å². The lowest BCUT2D eigenvalue weighted by Gasteiger charge is -2.21. The lowest BCUT2D eigenvalue weighted by molar-refractivity contribution is 0.0986. The Kier molecular flexibility index (Phi) is 3.16. The first-order valence-corrected chi connectivity index (χ1v) is 7.06. The Morgan fingerprint density at radius 2 is 2.11 bits per heavy atom. The van der Waals surface area contributed by atoms with Gasteiger partial charge in [0.05, 0.1) is 0 Å². The van der Waals surface area contributed by atoms with E-state index >= 15 is 0 Å². The Hall–Kier alpha value is -1.95. The summed E-state index contributed by atoms with van der Waals surface area (Å²) in [6.45, 7) is 0.718. The molecular formula is C13H14N4OS. The van der Waals surface area contributed by atoms with E-state index in [9.17, 15) is 4.79 Å². The van der Waals surface area contributed by atoms with E-state index < -0.39 is 0 Å². The molecule has 0 aliphatic carbocycles. The molecule has 1 aliphatic heterocycles. The number of anilines is 2. The highest BCUT2D eigenvalue weighted by molar-refractivity contribution is 7.17. The monoisotopic (exact) mass is 274 g/mol. The van der Waals surface area contributed by atoms with Crippen molar-refractivity contribution in [2.45, 2.75) is 19.3 Å². The van der Waals surface area contributed by atoms with Crippen LogP contribution < -0.4 is 10.6 Å². The van der Waals surface area contributed by atoms with E-state index in [0.29, 0.717) is 10.1 Å². The van der Waals surface area contributed by atoms with Gasteiger partial charge in [0.2, 0.25) is 10.1 Å². The second-order valence-corrected chi connectivity index (χ2v) is 5.50. The fraction of sp³-hybridized carbons (Fsp3) is 0.308. The van der Waals surface area contributed by atoms with Crippen LogP contribution in [0.3, 0.4) is 0 Å². The average Bonchev–Trinajstić information content (AvgIpc) is 2.74. The van der Waals surface area contributed by atoms with Gasteiger partial charge in [0, 0.05) is 12.2 Å². The fourth-order valence-corrected chi connectivity index (χ4v) is 2.90. The molecule has 2 aromatic rings. The molecule has 1 aromatic carbocycles. The first-order valence-electron chi connectivity index (χ1n) is 6.24. The number of rotatable bonds is 1. The minimum atomic E-state index is -0.108. The maximum atomic E-state index is 12.5. The van der Waals surface area contributed by atoms with Crippen LogP contribution in [0.15, 0.2) is 24.3 Å². The Bertz CT molecular complexity index is 610. The number of nitrogens with two attached hydrogens (primary N) is 1. The molecule has 19 heavy (non-hydrogen) atoms. The third kappa shape index (κ3) is 2.31. The summed E-state index contributed by atoms with van der Waals surface area (Å²) in [4.78, 5) is 14.3. The maximum Gasteiger partial charge on any atom is 0.289 e. The zero-order valence-corrected chi connectivity index (χ0v) is 11.2. The van der Waals surface area contributed by atoms with E-state index in [4.69, 9.17) is 5.73 Å². The van der Waals surface area contributed by atoms with Crippen LogP contribution in [0.25, 0.3) is 0 Å². The molecule has 6 heteroatoms. The van der Waals surface area contributed by atoms with E-state index in [1.165, 1.54) is 5.56 Å². The largest absolute Gasteiger partial charge is 0.374 e. The van der Waals surface area contributed by atoms with Gasteiger partial charge in [-0.2, -0.15) is 0 Å². The SMILES string of the molecule is Nc1nnc(C(=O)N2CCCCc3ccccc32)s1. The fourth-order valence-electron chi connectivity index (χ4n) is 2.34. The van der Waals surface area contributed by atoms with Gasteiger partial charge in [-0.1, -0.05) is 29.5 Å². The van der Waals surface area contributed by atoms with Gasteiger partial charge in [-0.3, -0.25) is 4.79 Å². The number of hydrogen-bond donors (Lipinski definition) is 1. The molecule has 1 aliphatic rings. The van der Waals surface area contributed by atoms with E-state index in [0.717, 1.165) is 42.8 Å². The average molecular weight is 274 g/mol. The lowest BCUT2D eigenvalue weighted by atomic mass is 10.1. The zero-order valence-electron chi connectivity index (χ0n) is 10.4. The summed E-state index contributed by atoms with van der Waals surface area (Å²) in [7, 11) is 0. The van der Waals surface area contributed by atoms with E-state index in [1.807, 2.05) is 18.2 Å². The highest BCUT2D eigenvalue weighted by Crippen LogP contribution is 2.28. The van der Waals surface area contributed by atoms with Crippen LogP contribution in [0.4, 0.5) is 10.8 Å². The number of carbonyl (C=O) groups is 1. The number of nitrogen functional groups attached to an aromatic ring is 1. The number of para-hydroxylation sites is 1. The molecule has 0 unspecified atom stereocenters. The number of aryl methyl sites for hydroxylation is 1. The number of amides is 1. The van der Waals surface area contributed by atoms with Crippen LogP contribution in [-0.4, -0.2) is 22.6 Å². The van der Waals surface area contributed by atoms with Crippen LogP contribution in [-0.2, 0) is 6.42 Å². The Morgan fingerprint density at radius 3 is 2.89 bits per heavy atom. The predicted octanol–water partition coefficient (Wildman–Crippen LogP) is 2.10. The normalized spacial score (nSPS) is 14.8. The van der Waals surface area contributed by atoms with Gasteiger partial charge in [0.15, 0.2) is 0 Å². The van der Waals surface area contributed by atoms with Crippen molar-refractivity contribution in [1.29, 1.82) is 0 Å². The van der Waals surface area contributed by atoms with Crippen LogP contribution in [0.1, 0.15) is 28.2 Å². The number of carbonyl (C=O) groups excluding carboxylic acids is 1. The molecule has 1 amide bonds. The summed E-state index contributed by atoms with van der Waals surface area (Å²) in [6, 6.07) is 8.03. The molecule has 0 fully saturated rings. The summed E-state index contributed by atoms with van der Waals surface area (Å²) < 4.78 is 0. The molecule has 5 nitrogen and oxygen atoms in total. The van der Waals surface area contributed by atoms with Crippen molar-refractivity contribution in [2.75, 3.05) is 17.2 Å². The highest BCUT2D eigenvalue weighted by atomic mass is 32.1. The third-order valence-corrected chi connectivity index (χ3v) is 3.97. The second-order valence-electron chi connectivity index (χ2n) is 4.49. The van der Waals surface area contributed by atoms with Crippen LogP contribution >= 0.6 is 11.3 Å². The summed E-state index contributed by atoms with van der Waals surface area (Å²) >= 11 is 1.14. The molecule has 0 radical (unpaired) electrons. The van der Waals surface area contributed by atoms with Gasteiger partial charge in [-0.25, -0.2) is 0 Å². The van der Waals surface area contributed by atoms with Gasteiger partial charge < -0.3 is 10.6 Å². The van der Waals surface area contributed by atoms with Crippen LogP contribution in [0.5, 0.6) is 0 Å². The molecule has 0 bridgehead atoms. The summed E-state index contributed by atoms with van der Waals surface area (Å²) in [5, 5.41) is 8.24. The number of fused-ring (bicyclic) bond motifs is 1. The van der Waals surface area contributed by atoms with Crippen molar-refractivity contribution in [3.05, 3.63) is 34.8 Å². The first kappa shape index (κ1) is 12.1. The van der Waals surface area contributed by atoms with Crippen LogP contribution in [0, 0.1) is 0 Å². The van der Waals surface area contributed by atoms with Gasteiger partial charge >= 0.3 is 0 Å². The maximum absolute atomic E-state index is 12.5. The van der Waals surface area contributed by atoms with E-state index in [-0.39, 0.29) is 5.91 Å². The van der Waals surface area contributed by atoms with Gasteiger partial charge in [0.25, 0.3) is 5.91 Å². The summed E-state index contributed by atoms with van der Waals surface area (Å²) in [5.41, 5.74) is 7.74. The summed E-state index contributed by atoms with van der Waals surface area (Å²) in [6.07, 6.45) is 3.10. The van der Waals surface area contributed by atoms with Crippen molar-refractivity contribution in [3.8, 4) is 0 Å². The molecule has 2 heterocycles. The second kappa shape index (κ2) is 4.97. The van der Waals surface area contributed by atoms with Crippen molar-refractivity contribution in [1.82, 2.24) is 10.2 Å². The predicted molar refractivity (Wildman–Crippen MR) is 75.4 cm³/mol. The highest BCUT2D eigenvalue weighted by Gasteiger charge is 2.24. The van der Waals surface area contributed by atoms with Crippen molar-refractivity contribution in [2.24, 2.45) is 0 Å². The molecule has 3 rings (SSSR count). The standard InChI is InChI=1S/C13H14N4OS/c14-13-16-15-11(19-13)12(18)17-8-4-3-6-9-5-1-2-7-10(9)17/h1-2,5,7H,3-4,6,8H2,(H2,14,16). The molecule has 98 valence electrons. The molecule has 2 N–H and O–H groups in total. The van der Waals surface area contributed by atoms with Crippen molar-refractivity contribution in [3.63, 3.8) is 0 Å². The first-order chi connectivity index (χ1) is 9.25. The van der Waals surface area contributed by atoms with E-state index in [1.54, 1.807) is 4.90 Å². The number of hydrogen-bond acceptors (Lipinski definition) is 5. The quantitative estimate of drug-likeness (QED) is 0.864. The Balaban J connectivity index is 1.98. The van der Waals surface area contributed by atoms with Gasteiger partial charge in [0.1, 0.15) is 0 Å². The number of benzene rings is 1. The Morgan fingerprint density at radius 1 is 1.26 bits per heavy atom. The topological polar surface area (TPSA) is 72.1 Å². The van der Waals surface area contributed by atoms with Crippen molar-refractivity contribution < 1.29 is 4.79 Å². The third-order valence-electron chi connectivity index (χ3n) is 3.23. The minimum Gasteiger partial charge on any atom is -0.374 e. The minimum absolute atomic E-state index is 0.108. The Labute approximate surface area is 115 Å². The number of nitrogens with zero attached hydrogens (tertiary/aromatic N) is 3. The zero-order chi connectivity index (χ0) is 13.2. The number of aromatic nitrogens is 2. The molecule has 0 saturated heterocycles. The molecule has 0 saturated carbocycles. The van der Waals surface area contributed by atoms with E-state index in [2.05, 4.69) is 16.3 Å². The molecular weight excluding hydrogens is 260 g/mol. The molecule has 0 atom stereocenters. The smallest absolute Gasteiger partial charge is 0.289 e. The van der Waals surface area contributed by atoms with Gasteiger partial charge in [-0.15, -0.1) is 10.2 Å². The molecule has 1 aromatic heterocycles.